The first kappa shape index (κ1) is 19.6. The fourth-order valence-electron chi connectivity index (χ4n) is 3.38. The minimum atomic E-state index is -3.27. The Morgan fingerprint density at radius 2 is 1.59 bits per heavy atom. The van der Waals surface area contributed by atoms with Crippen LogP contribution in [0, 0.1) is 0 Å². The summed E-state index contributed by atoms with van der Waals surface area (Å²) in [6.07, 6.45) is 0.314. The van der Waals surface area contributed by atoms with E-state index in [9.17, 15) is 13.5 Å². The number of hydrogen-bond donors (Lipinski definition) is 1. The fourth-order valence-corrected chi connectivity index (χ4v) is 4.13. The van der Waals surface area contributed by atoms with Crippen molar-refractivity contribution in [2.45, 2.75) is 11.1 Å². The Kier molecular flexibility index (Phi) is 5.17. The molecular weight excluding hydrogens is 408 g/mol. The van der Waals surface area contributed by atoms with Gasteiger partial charge in [0.2, 0.25) is 0 Å². The number of aliphatic hydroxyl groups is 1. The van der Waals surface area contributed by atoms with Gasteiger partial charge in [-0.2, -0.15) is 0 Å². The van der Waals surface area contributed by atoms with E-state index in [4.69, 9.17) is 11.6 Å². The minimum Gasteiger partial charge on any atom is -0.370 e. The van der Waals surface area contributed by atoms with Crippen molar-refractivity contribution in [2.24, 2.45) is 4.99 Å². The van der Waals surface area contributed by atoms with E-state index in [1.165, 1.54) is 6.26 Å². The second-order valence-corrected chi connectivity index (χ2v) is 9.31. The molecule has 4 rings (SSSR count). The number of hydrogen-bond acceptors (Lipinski definition) is 5. The first-order valence-electron chi connectivity index (χ1n) is 9.02. The highest BCUT2D eigenvalue weighted by Crippen LogP contribution is 2.30. The third-order valence-corrected chi connectivity index (χ3v) is 6.15. The molecule has 0 bridgehead atoms. The van der Waals surface area contributed by atoms with Crippen LogP contribution in [0.4, 0.5) is 5.69 Å². The molecule has 5 nitrogen and oxygen atoms in total. The Balaban J connectivity index is 1.76. The molecule has 0 aliphatic carbocycles. The van der Waals surface area contributed by atoms with Gasteiger partial charge in [0.1, 0.15) is 5.84 Å². The van der Waals surface area contributed by atoms with Crippen molar-refractivity contribution in [1.29, 1.82) is 0 Å². The van der Waals surface area contributed by atoms with Crippen LogP contribution in [0.1, 0.15) is 5.56 Å². The largest absolute Gasteiger partial charge is 0.370 e. The molecule has 1 aliphatic heterocycles. The van der Waals surface area contributed by atoms with E-state index in [1.807, 2.05) is 53.4 Å². The second-order valence-electron chi connectivity index (χ2n) is 6.86. The van der Waals surface area contributed by atoms with E-state index in [0.717, 1.165) is 22.4 Å². The summed E-state index contributed by atoms with van der Waals surface area (Å²) >= 11 is 6.03. The van der Waals surface area contributed by atoms with E-state index in [1.54, 1.807) is 24.3 Å². The summed E-state index contributed by atoms with van der Waals surface area (Å²) in [4.78, 5) is 6.59. The average molecular weight is 427 g/mol. The molecule has 3 aromatic rings. The van der Waals surface area contributed by atoms with Crippen LogP contribution in [0.25, 0.3) is 11.1 Å². The van der Waals surface area contributed by atoms with E-state index >= 15 is 0 Å². The van der Waals surface area contributed by atoms with Crippen molar-refractivity contribution in [1.82, 2.24) is 0 Å². The normalized spacial score (nSPS) is 16.7. The molecule has 0 radical (unpaired) electrons. The lowest BCUT2D eigenvalue weighted by atomic mass is 9.98. The molecule has 0 spiro atoms. The number of halogens is 1. The van der Waals surface area contributed by atoms with Gasteiger partial charge in [-0.25, -0.2) is 13.4 Å². The predicted molar refractivity (Wildman–Crippen MR) is 116 cm³/mol. The Bertz CT molecular complexity index is 1170. The Morgan fingerprint density at radius 1 is 0.966 bits per heavy atom. The molecule has 7 heteroatoms. The van der Waals surface area contributed by atoms with Gasteiger partial charge in [-0.05, 0) is 47.5 Å². The van der Waals surface area contributed by atoms with Gasteiger partial charge < -0.3 is 10.0 Å². The number of anilines is 1. The van der Waals surface area contributed by atoms with Crippen LogP contribution in [0.2, 0.25) is 5.02 Å². The third kappa shape index (κ3) is 4.05. The van der Waals surface area contributed by atoms with Crippen molar-refractivity contribution in [2.75, 3.05) is 17.7 Å². The van der Waals surface area contributed by atoms with E-state index in [0.29, 0.717) is 17.4 Å². The molecule has 0 aromatic heterocycles. The highest BCUT2D eigenvalue weighted by Gasteiger charge is 2.28. The second kappa shape index (κ2) is 7.63. The van der Waals surface area contributed by atoms with Crippen LogP contribution in [-0.2, 0) is 9.84 Å². The van der Waals surface area contributed by atoms with Crippen molar-refractivity contribution in [3.63, 3.8) is 0 Å². The molecule has 1 heterocycles. The summed E-state index contributed by atoms with van der Waals surface area (Å²) in [7, 11) is -3.27. The monoisotopic (exact) mass is 426 g/mol. The quantitative estimate of drug-likeness (QED) is 0.684. The van der Waals surface area contributed by atoms with Crippen LogP contribution < -0.4 is 4.90 Å². The van der Waals surface area contributed by atoms with E-state index in [2.05, 4.69) is 4.99 Å². The smallest absolute Gasteiger partial charge is 0.175 e. The lowest BCUT2D eigenvalue weighted by Crippen LogP contribution is -2.30. The molecule has 1 N–H and O–H groups in total. The van der Waals surface area contributed by atoms with E-state index in [-0.39, 0.29) is 4.90 Å². The molecule has 3 aromatic carbocycles. The molecule has 148 valence electrons. The number of β-amino-alcohol motifs (C(OH)–C–C–N with tert-alkyl or cyclic N) is 1. The molecule has 0 saturated heterocycles. The van der Waals surface area contributed by atoms with Gasteiger partial charge in [0, 0.05) is 22.5 Å². The molecule has 0 amide bonds. The molecule has 1 unspecified atom stereocenters. The third-order valence-electron chi connectivity index (χ3n) is 4.77. The zero-order chi connectivity index (χ0) is 20.6. The zero-order valence-electron chi connectivity index (χ0n) is 15.7. The first-order valence-corrected chi connectivity index (χ1v) is 11.3. The standard InChI is InChI=1S/C22H19ClN2O3S/c1-29(27,28)18-12-10-17(11-13-18)25-14-21(26)24-22(25)20-5-3-2-4-19(20)15-6-8-16(23)9-7-15/h2-13,21,26H,14H2,1H3. The van der Waals surface area contributed by atoms with Crippen LogP contribution in [0.15, 0.2) is 82.7 Å². The van der Waals surface area contributed by atoms with Crippen LogP contribution in [0.3, 0.4) is 0 Å². The van der Waals surface area contributed by atoms with Gasteiger partial charge in [0.05, 0.1) is 11.4 Å². The molecule has 0 saturated carbocycles. The maximum atomic E-state index is 11.7. The molecule has 0 fully saturated rings. The van der Waals surface area contributed by atoms with Gasteiger partial charge in [-0.15, -0.1) is 0 Å². The maximum Gasteiger partial charge on any atom is 0.175 e. The Hall–Kier alpha value is -2.67. The van der Waals surface area contributed by atoms with Crippen molar-refractivity contribution in [3.8, 4) is 11.1 Å². The van der Waals surface area contributed by atoms with Gasteiger partial charge in [-0.3, -0.25) is 0 Å². The Morgan fingerprint density at radius 3 is 2.21 bits per heavy atom. The Labute approximate surface area is 174 Å². The van der Waals surface area contributed by atoms with Crippen LogP contribution in [-0.4, -0.2) is 38.4 Å². The molecular formula is C22H19ClN2O3S. The number of nitrogens with zero attached hydrogens (tertiary/aromatic N) is 2. The summed E-state index contributed by atoms with van der Waals surface area (Å²) in [5.74, 6) is 0.634. The van der Waals surface area contributed by atoms with E-state index < -0.39 is 16.1 Å². The summed E-state index contributed by atoms with van der Waals surface area (Å²) in [5.41, 5.74) is 3.59. The predicted octanol–water partition coefficient (Wildman–Crippen LogP) is 4.00. The lowest BCUT2D eigenvalue weighted by Gasteiger charge is -2.22. The maximum absolute atomic E-state index is 11.7. The highest BCUT2D eigenvalue weighted by atomic mass is 35.5. The number of sulfone groups is 1. The molecule has 29 heavy (non-hydrogen) atoms. The van der Waals surface area contributed by atoms with Crippen LogP contribution in [0.5, 0.6) is 0 Å². The molecule has 1 aliphatic rings. The van der Waals surface area contributed by atoms with Gasteiger partial charge in [-0.1, -0.05) is 48.0 Å². The van der Waals surface area contributed by atoms with Crippen LogP contribution >= 0.6 is 11.6 Å². The summed E-state index contributed by atoms with van der Waals surface area (Å²) in [5, 5.41) is 10.9. The minimum absolute atomic E-state index is 0.251. The fraction of sp³-hybridized carbons (Fsp3) is 0.136. The number of amidine groups is 1. The SMILES string of the molecule is CS(=O)(=O)c1ccc(N2CC(O)N=C2c2ccccc2-c2ccc(Cl)cc2)cc1. The highest BCUT2D eigenvalue weighted by molar-refractivity contribution is 7.90. The van der Waals surface area contributed by atoms with Crippen molar-refractivity contribution >= 4 is 33.0 Å². The number of benzene rings is 3. The zero-order valence-corrected chi connectivity index (χ0v) is 17.2. The van der Waals surface area contributed by atoms with Gasteiger partial charge >= 0.3 is 0 Å². The summed E-state index contributed by atoms with van der Waals surface area (Å²) in [6.45, 7) is 0.294. The number of aliphatic hydroxyl groups excluding tert-OH is 1. The summed E-state index contributed by atoms with van der Waals surface area (Å²) in [6, 6.07) is 22.0. The lowest BCUT2D eigenvalue weighted by molar-refractivity contribution is 0.202. The number of aliphatic imine (C=N–C) groups is 1. The summed E-state index contributed by atoms with van der Waals surface area (Å²) < 4.78 is 23.5. The van der Waals surface area contributed by atoms with Crippen molar-refractivity contribution in [3.05, 3.63) is 83.4 Å². The van der Waals surface area contributed by atoms with Gasteiger partial charge in [0.25, 0.3) is 0 Å². The van der Waals surface area contributed by atoms with Gasteiger partial charge in [0.15, 0.2) is 16.1 Å². The van der Waals surface area contributed by atoms with Crippen molar-refractivity contribution < 1.29 is 13.5 Å². The first-order chi connectivity index (χ1) is 13.8. The number of rotatable bonds is 4. The average Bonchev–Trinajstić information content (AvgIpc) is 3.10. The topological polar surface area (TPSA) is 70.0 Å². The molecule has 1 atom stereocenters.